The van der Waals surface area contributed by atoms with Crippen LogP contribution in [0.5, 0.6) is 0 Å². The molecule has 4 atom stereocenters. The molecule has 0 spiro atoms. The predicted octanol–water partition coefficient (Wildman–Crippen LogP) is 1.58. The van der Waals surface area contributed by atoms with Gasteiger partial charge in [0.25, 0.3) is 0 Å². The number of allylic oxidation sites excluding steroid dienone is 2. The molecule has 0 amide bonds. The third-order valence-corrected chi connectivity index (χ3v) is 3.63. The lowest BCUT2D eigenvalue weighted by Crippen LogP contribution is -2.32. The van der Waals surface area contributed by atoms with Gasteiger partial charge in [-0.1, -0.05) is 19.1 Å². The van der Waals surface area contributed by atoms with E-state index in [9.17, 15) is 9.59 Å². The molecular formula is C12H16O3. The quantitative estimate of drug-likeness (QED) is 0.402. The molecule has 15 heavy (non-hydrogen) atoms. The van der Waals surface area contributed by atoms with Crippen LogP contribution < -0.4 is 0 Å². The van der Waals surface area contributed by atoms with Gasteiger partial charge in [0.15, 0.2) is 0 Å². The van der Waals surface area contributed by atoms with Gasteiger partial charge in [0.1, 0.15) is 0 Å². The lowest BCUT2D eigenvalue weighted by Gasteiger charge is -2.22. The van der Waals surface area contributed by atoms with Crippen molar-refractivity contribution in [1.29, 1.82) is 0 Å². The minimum atomic E-state index is -0.657. The van der Waals surface area contributed by atoms with Crippen LogP contribution in [0.1, 0.15) is 20.3 Å². The fraction of sp³-hybridized carbons (Fsp3) is 0.667. The molecule has 0 aromatic carbocycles. The molecule has 0 radical (unpaired) electrons. The number of hydrogen-bond acceptors (Lipinski definition) is 3. The van der Waals surface area contributed by atoms with E-state index in [-0.39, 0.29) is 30.1 Å². The molecule has 2 rings (SSSR count). The summed E-state index contributed by atoms with van der Waals surface area (Å²) in [7, 11) is 0. The fourth-order valence-corrected chi connectivity index (χ4v) is 2.84. The number of ether oxygens (including phenoxy) is 1. The first-order valence-corrected chi connectivity index (χ1v) is 5.54. The topological polar surface area (TPSA) is 43.4 Å². The van der Waals surface area contributed by atoms with Crippen LogP contribution in [-0.4, -0.2) is 18.4 Å². The Morgan fingerprint density at radius 3 is 2.53 bits per heavy atom. The number of Topliss-reactive ketones (excluding diaryl/α,β-unsaturated/α-hetero) is 1. The van der Waals surface area contributed by atoms with Crippen LogP contribution in [0.3, 0.4) is 0 Å². The van der Waals surface area contributed by atoms with E-state index in [4.69, 9.17) is 4.74 Å². The molecule has 1 saturated carbocycles. The Hall–Kier alpha value is -1.12. The van der Waals surface area contributed by atoms with Crippen molar-refractivity contribution in [3.8, 4) is 0 Å². The van der Waals surface area contributed by atoms with Crippen molar-refractivity contribution in [2.45, 2.75) is 20.3 Å². The second-order valence-corrected chi connectivity index (χ2v) is 4.42. The maximum atomic E-state index is 11.8. The standard InChI is InChI=1S/C12H16O3/c1-3-15-12(14)11(13)10-7(2)8-4-5-9(10)6-8/h4-5,7-10H,3,6H2,1-2H3. The summed E-state index contributed by atoms with van der Waals surface area (Å²) in [5.74, 6) is -0.0901. The summed E-state index contributed by atoms with van der Waals surface area (Å²) >= 11 is 0. The highest BCUT2D eigenvalue weighted by atomic mass is 16.5. The number of fused-ring (bicyclic) bond motifs is 2. The Kier molecular flexibility index (Phi) is 2.63. The summed E-state index contributed by atoms with van der Waals surface area (Å²) in [5.41, 5.74) is 0. The normalized spacial score (nSPS) is 36.9. The molecular weight excluding hydrogens is 192 g/mol. The SMILES string of the molecule is CCOC(=O)C(=O)C1C2C=CC(C2)C1C. The number of ketones is 1. The minimum absolute atomic E-state index is 0.140. The van der Waals surface area contributed by atoms with Gasteiger partial charge in [0.05, 0.1) is 6.61 Å². The average Bonchev–Trinajstić information content (AvgIpc) is 2.77. The minimum Gasteiger partial charge on any atom is -0.460 e. The largest absolute Gasteiger partial charge is 0.460 e. The lowest BCUT2D eigenvalue weighted by atomic mass is 9.81. The first-order valence-electron chi connectivity index (χ1n) is 5.54. The van der Waals surface area contributed by atoms with Gasteiger partial charge in [-0.15, -0.1) is 0 Å². The zero-order valence-electron chi connectivity index (χ0n) is 9.10. The van der Waals surface area contributed by atoms with Crippen LogP contribution in [0, 0.1) is 23.7 Å². The van der Waals surface area contributed by atoms with E-state index in [2.05, 4.69) is 19.1 Å². The first kappa shape index (κ1) is 10.4. The van der Waals surface area contributed by atoms with Crippen LogP contribution in [-0.2, 0) is 14.3 Å². The molecule has 3 nitrogen and oxygen atoms in total. The number of rotatable bonds is 3. The highest BCUT2D eigenvalue weighted by Gasteiger charge is 2.47. The van der Waals surface area contributed by atoms with Crippen molar-refractivity contribution in [2.75, 3.05) is 6.61 Å². The van der Waals surface area contributed by atoms with E-state index in [0.29, 0.717) is 5.92 Å². The van der Waals surface area contributed by atoms with Gasteiger partial charge in [-0.05, 0) is 31.1 Å². The molecule has 0 N–H and O–H groups in total. The van der Waals surface area contributed by atoms with Crippen LogP contribution in [0.25, 0.3) is 0 Å². The average molecular weight is 208 g/mol. The summed E-state index contributed by atoms with van der Waals surface area (Å²) in [6.45, 7) is 4.04. The van der Waals surface area contributed by atoms with Gasteiger partial charge in [0, 0.05) is 5.92 Å². The van der Waals surface area contributed by atoms with E-state index in [1.807, 2.05) is 0 Å². The maximum absolute atomic E-state index is 11.8. The van der Waals surface area contributed by atoms with Gasteiger partial charge >= 0.3 is 5.97 Å². The first-order chi connectivity index (χ1) is 7.15. The molecule has 0 aromatic heterocycles. The van der Waals surface area contributed by atoms with Crippen molar-refractivity contribution in [3.63, 3.8) is 0 Å². The Bertz CT molecular complexity index is 319. The van der Waals surface area contributed by atoms with Gasteiger partial charge in [-0.25, -0.2) is 4.79 Å². The molecule has 0 aliphatic heterocycles. The maximum Gasteiger partial charge on any atom is 0.374 e. The van der Waals surface area contributed by atoms with Crippen LogP contribution in [0.4, 0.5) is 0 Å². The van der Waals surface area contributed by atoms with Crippen molar-refractivity contribution < 1.29 is 14.3 Å². The molecule has 2 aliphatic carbocycles. The highest BCUT2D eigenvalue weighted by Crippen LogP contribution is 2.48. The summed E-state index contributed by atoms with van der Waals surface area (Å²) < 4.78 is 4.76. The van der Waals surface area contributed by atoms with E-state index in [1.54, 1.807) is 6.92 Å². The van der Waals surface area contributed by atoms with Crippen molar-refractivity contribution >= 4 is 11.8 Å². The van der Waals surface area contributed by atoms with Gasteiger partial charge < -0.3 is 4.74 Å². The third kappa shape index (κ3) is 1.60. The summed E-state index contributed by atoms with van der Waals surface area (Å²) in [6, 6.07) is 0. The van der Waals surface area contributed by atoms with Crippen LogP contribution >= 0.6 is 0 Å². The number of carbonyl (C=O) groups excluding carboxylic acids is 2. The molecule has 0 saturated heterocycles. The number of hydrogen-bond donors (Lipinski definition) is 0. The lowest BCUT2D eigenvalue weighted by molar-refractivity contribution is -0.156. The van der Waals surface area contributed by atoms with Crippen LogP contribution in [0.2, 0.25) is 0 Å². The number of esters is 1. The van der Waals surface area contributed by atoms with E-state index >= 15 is 0 Å². The van der Waals surface area contributed by atoms with Gasteiger partial charge in [-0.3, -0.25) is 4.79 Å². The van der Waals surface area contributed by atoms with E-state index in [1.165, 1.54) is 0 Å². The van der Waals surface area contributed by atoms with Crippen molar-refractivity contribution in [1.82, 2.24) is 0 Å². The molecule has 0 heterocycles. The molecule has 0 aromatic rings. The molecule has 82 valence electrons. The molecule has 3 heteroatoms. The van der Waals surface area contributed by atoms with E-state index in [0.717, 1.165) is 6.42 Å². The Labute approximate surface area is 89.5 Å². The zero-order chi connectivity index (χ0) is 11.0. The Balaban J connectivity index is 2.08. The van der Waals surface area contributed by atoms with Crippen LogP contribution in [0.15, 0.2) is 12.2 Å². The second kappa shape index (κ2) is 3.80. The summed E-state index contributed by atoms with van der Waals surface area (Å²) in [5, 5.41) is 0. The molecule has 4 unspecified atom stereocenters. The van der Waals surface area contributed by atoms with Crippen molar-refractivity contribution in [2.24, 2.45) is 23.7 Å². The Morgan fingerprint density at radius 2 is 2.00 bits per heavy atom. The fourth-order valence-electron chi connectivity index (χ4n) is 2.84. The van der Waals surface area contributed by atoms with Gasteiger partial charge in [0.2, 0.25) is 5.78 Å². The van der Waals surface area contributed by atoms with Gasteiger partial charge in [-0.2, -0.15) is 0 Å². The van der Waals surface area contributed by atoms with E-state index < -0.39 is 5.97 Å². The second-order valence-electron chi connectivity index (χ2n) is 4.42. The zero-order valence-corrected chi connectivity index (χ0v) is 9.10. The predicted molar refractivity (Wildman–Crippen MR) is 55.0 cm³/mol. The highest BCUT2D eigenvalue weighted by molar-refractivity contribution is 6.34. The summed E-state index contributed by atoms with van der Waals surface area (Å²) in [4.78, 5) is 23.2. The smallest absolute Gasteiger partial charge is 0.374 e. The summed E-state index contributed by atoms with van der Waals surface area (Å²) in [6.07, 6.45) is 5.27. The monoisotopic (exact) mass is 208 g/mol. The third-order valence-electron chi connectivity index (χ3n) is 3.63. The number of carbonyl (C=O) groups is 2. The molecule has 1 fully saturated rings. The Morgan fingerprint density at radius 1 is 1.33 bits per heavy atom. The van der Waals surface area contributed by atoms with Crippen molar-refractivity contribution in [3.05, 3.63) is 12.2 Å². The molecule has 2 bridgehead atoms. The molecule has 2 aliphatic rings.